The van der Waals surface area contributed by atoms with Gasteiger partial charge in [0.15, 0.2) is 0 Å². The van der Waals surface area contributed by atoms with E-state index < -0.39 is 6.10 Å². The van der Waals surface area contributed by atoms with E-state index >= 15 is 0 Å². The van der Waals surface area contributed by atoms with Gasteiger partial charge in [-0.05, 0) is 56.6 Å². The average molecular weight is 358 g/mol. The number of likely N-dealkylation sites (N-methyl/N-ethyl adjacent to an activating group) is 1. The van der Waals surface area contributed by atoms with Crippen LogP contribution < -0.4 is 5.32 Å². The van der Waals surface area contributed by atoms with Gasteiger partial charge in [0.05, 0.1) is 31.1 Å². The Kier molecular flexibility index (Phi) is 6.86. The monoisotopic (exact) mass is 358 g/mol. The van der Waals surface area contributed by atoms with Crippen LogP contribution in [0.2, 0.25) is 0 Å². The molecule has 1 heterocycles. The molecule has 5 heteroatoms. The van der Waals surface area contributed by atoms with E-state index in [1.54, 1.807) is 6.26 Å². The van der Waals surface area contributed by atoms with Crippen LogP contribution in [-0.2, 0) is 11.2 Å². The van der Waals surface area contributed by atoms with Crippen molar-refractivity contribution in [3.05, 3.63) is 59.5 Å². The fourth-order valence-electron chi connectivity index (χ4n) is 3.57. The number of furan rings is 1. The molecule has 0 fully saturated rings. The second-order valence-electron chi connectivity index (χ2n) is 7.22. The van der Waals surface area contributed by atoms with Crippen molar-refractivity contribution < 1.29 is 14.3 Å². The summed E-state index contributed by atoms with van der Waals surface area (Å²) >= 11 is 0. The zero-order valence-corrected chi connectivity index (χ0v) is 15.7. The van der Waals surface area contributed by atoms with E-state index in [1.807, 2.05) is 26.2 Å². The maximum absolute atomic E-state index is 10.3. The van der Waals surface area contributed by atoms with Crippen molar-refractivity contribution in [3.8, 4) is 0 Å². The number of benzene rings is 1. The summed E-state index contributed by atoms with van der Waals surface area (Å²) in [5.74, 6) is 0.923. The molecule has 0 saturated carbocycles. The summed E-state index contributed by atoms with van der Waals surface area (Å²) in [5, 5.41) is 13.6. The van der Waals surface area contributed by atoms with Crippen LogP contribution in [0, 0.1) is 0 Å². The Morgan fingerprint density at radius 3 is 2.85 bits per heavy atom. The van der Waals surface area contributed by atoms with Crippen molar-refractivity contribution in [1.29, 1.82) is 0 Å². The maximum Gasteiger partial charge on any atom is 0.122 e. The molecule has 5 nitrogen and oxygen atoms in total. The lowest BCUT2D eigenvalue weighted by Crippen LogP contribution is -2.36. The zero-order chi connectivity index (χ0) is 18.4. The van der Waals surface area contributed by atoms with Crippen LogP contribution in [0.5, 0.6) is 0 Å². The highest BCUT2D eigenvalue weighted by Gasteiger charge is 2.21. The highest BCUT2D eigenvalue weighted by Crippen LogP contribution is 2.32. The summed E-state index contributed by atoms with van der Waals surface area (Å²) in [6.45, 7) is 1.56. The lowest BCUT2D eigenvalue weighted by Gasteiger charge is -2.27. The molecule has 0 bridgehead atoms. The molecule has 2 aromatic rings. The number of nitrogens with zero attached hydrogens (tertiary/aromatic N) is 1. The Labute approximate surface area is 156 Å². The van der Waals surface area contributed by atoms with Gasteiger partial charge in [0.25, 0.3) is 0 Å². The lowest BCUT2D eigenvalue weighted by atomic mass is 9.89. The first-order chi connectivity index (χ1) is 12.6. The van der Waals surface area contributed by atoms with E-state index in [2.05, 4.69) is 34.5 Å². The largest absolute Gasteiger partial charge is 0.468 e. The molecule has 0 unspecified atom stereocenters. The molecule has 26 heavy (non-hydrogen) atoms. The van der Waals surface area contributed by atoms with E-state index in [0.717, 1.165) is 25.0 Å². The molecule has 3 atom stereocenters. The topological polar surface area (TPSA) is 57.9 Å². The quantitative estimate of drug-likeness (QED) is 0.722. The molecule has 1 aromatic carbocycles. The maximum atomic E-state index is 10.3. The first-order valence-corrected chi connectivity index (χ1v) is 9.43. The van der Waals surface area contributed by atoms with Crippen molar-refractivity contribution in [2.75, 3.05) is 33.8 Å². The predicted octanol–water partition coefficient (Wildman–Crippen LogP) is 2.93. The molecule has 1 aliphatic rings. The van der Waals surface area contributed by atoms with E-state index in [0.29, 0.717) is 19.7 Å². The molecule has 142 valence electrons. The van der Waals surface area contributed by atoms with E-state index in [4.69, 9.17) is 9.15 Å². The second kappa shape index (κ2) is 9.33. The first kappa shape index (κ1) is 19.1. The number of nitrogens with one attached hydrogen (secondary N) is 1. The van der Waals surface area contributed by atoms with Gasteiger partial charge in [0.1, 0.15) is 5.76 Å². The van der Waals surface area contributed by atoms with Gasteiger partial charge in [-0.3, -0.25) is 4.90 Å². The highest BCUT2D eigenvalue weighted by molar-refractivity contribution is 5.31. The van der Waals surface area contributed by atoms with Crippen molar-refractivity contribution in [2.24, 2.45) is 0 Å². The Morgan fingerprint density at radius 1 is 1.23 bits per heavy atom. The number of hydrogen-bond donors (Lipinski definition) is 2. The van der Waals surface area contributed by atoms with Crippen LogP contribution in [-0.4, -0.2) is 49.9 Å². The molecule has 0 spiro atoms. The van der Waals surface area contributed by atoms with Crippen molar-refractivity contribution >= 4 is 0 Å². The van der Waals surface area contributed by atoms with Crippen LogP contribution in [0.1, 0.15) is 41.9 Å². The van der Waals surface area contributed by atoms with Gasteiger partial charge in [-0.25, -0.2) is 0 Å². The number of aliphatic hydroxyl groups excluding tert-OH is 1. The smallest absolute Gasteiger partial charge is 0.122 e. The second-order valence-corrected chi connectivity index (χ2v) is 7.22. The normalized spacial score (nSPS) is 19.3. The molecule has 0 radical (unpaired) electrons. The third kappa shape index (κ3) is 4.95. The first-order valence-electron chi connectivity index (χ1n) is 9.43. The molecule has 3 rings (SSSR count). The Bertz CT molecular complexity index is 657. The zero-order valence-electron chi connectivity index (χ0n) is 15.7. The van der Waals surface area contributed by atoms with Crippen molar-refractivity contribution in [3.63, 3.8) is 0 Å². The predicted molar refractivity (Wildman–Crippen MR) is 102 cm³/mol. The summed E-state index contributed by atoms with van der Waals surface area (Å²) in [5.41, 5.74) is 2.66. The molecular formula is C21H30N2O3. The standard InChI is InChI=1S/C21H30N2O3/c1-23(2)19(21-11-6-12-25-21)14-22-13-17(24)15-26-20-10-5-8-16-7-3-4-9-18(16)20/h3-4,6-7,9,11-12,17,19-20,22,24H,5,8,10,13-15H2,1-2H3/t17-,19+,20-/m0/s1. The number of ether oxygens (including phenoxy) is 1. The van der Waals surface area contributed by atoms with Gasteiger partial charge < -0.3 is 19.6 Å². The van der Waals surface area contributed by atoms with Gasteiger partial charge in [0.2, 0.25) is 0 Å². The third-order valence-electron chi connectivity index (χ3n) is 5.02. The number of fused-ring (bicyclic) bond motifs is 1. The SMILES string of the molecule is CN(C)[C@H](CNC[C@H](O)CO[C@H]1CCCc2ccccc21)c1ccco1. The minimum atomic E-state index is -0.525. The van der Waals surface area contributed by atoms with Gasteiger partial charge in [0, 0.05) is 13.1 Å². The van der Waals surface area contributed by atoms with Gasteiger partial charge in [-0.1, -0.05) is 24.3 Å². The van der Waals surface area contributed by atoms with E-state index in [1.165, 1.54) is 11.1 Å². The molecule has 2 N–H and O–H groups in total. The summed E-state index contributed by atoms with van der Waals surface area (Å²) in [4.78, 5) is 2.10. The molecule has 0 amide bonds. The van der Waals surface area contributed by atoms with Gasteiger partial charge in [-0.2, -0.15) is 0 Å². The Morgan fingerprint density at radius 2 is 2.08 bits per heavy atom. The number of rotatable bonds is 9. The minimum absolute atomic E-state index is 0.104. The van der Waals surface area contributed by atoms with Crippen LogP contribution in [0.25, 0.3) is 0 Å². The van der Waals surface area contributed by atoms with Crippen LogP contribution in [0.3, 0.4) is 0 Å². The summed E-state index contributed by atoms with van der Waals surface area (Å²) in [7, 11) is 4.05. The summed E-state index contributed by atoms with van der Waals surface area (Å²) < 4.78 is 11.5. The number of aliphatic hydroxyl groups is 1. The summed E-state index contributed by atoms with van der Waals surface area (Å²) in [6.07, 6.45) is 4.56. The Hall–Kier alpha value is -1.66. The lowest BCUT2D eigenvalue weighted by molar-refractivity contribution is -0.0170. The van der Waals surface area contributed by atoms with Crippen LogP contribution >= 0.6 is 0 Å². The minimum Gasteiger partial charge on any atom is -0.468 e. The van der Waals surface area contributed by atoms with Crippen molar-refractivity contribution in [2.45, 2.75) is 37.5 Å². The van der Waals surface area contributed by atoms with Gasteiger partial charge in [-0.15, -0.1) is 0 Å². The molecular weight excluding hydrogens is 328 g/mol. The van der Waals surface area contributed by atoms with Gasteiger partial charge >= 0.3 is 0 Å². The Balaban J connectivity index is 1.43. The number of aryl methyl sites for hydroxylation is 1. The van der Waals surface area contributed by atoms with Crippen molar-refractivity contribution in [1.82, 2.24) is 10.2 Å². The van der Waals surface area contributed by atoms with E-state index in [9.17, 15) is 5.11 Å². The molecule has 0 aliphatic heterocycles. The fraction of sp³-hybridized carbons (Fsp3) is 0.524. The molecule has 1 aromatic heterocycles. The van der Waals surface area contributed by atoms with E-state index in [-0.39, 0.29) is 12.1 Å². The van der Waals surface area contributed by atoms with Crippen LogP contribution in [0.4, 0.5) is 0 Å². The third-order valence-corrected chi connectivity index (χ3v) is 5.02. The average Bonchev–Trinajstić information content (AvgIpc) is 3.17. The van der Waals surface area contributed by atoms with Crippen LogP contribution in [0.15, 0.2) is 47.1 Å². The molecule has 1 aliphatic carbocycles. The summed E-state index contributed by atoms with van der Waals surface area (Å²) in [6, 6.07) is 12.5. The molecule has 0 saturated heterocycles. The number of hydrogen-bond acceptors (Lipinski definition) is 5. The fourth-order valence-corrected chi connectivity index (χ4v) is 3.57. The highest BCUT2D eigenvalue weighted by atomic mass is 16.5.